The van der Waals surface area contributed by atoms with Crippen molar-refractivity contribution in [3.8, 4) is 22.8 Å². The van der Waals surface area contributed by atoms with Crippen LogP contribution in [-0.2, 0) is 0 Å². The first-order chi connectivity index (χ1) is 8.79. The molecule has 3 nitrogen and oxygen atoms in total. The number of aromatic amines is 1. The van der Waals surface area contributed by atoms with Gasteiger partial charge in [-0.1, -0.05) is 24.3 Å². The second-order valence-electron chi connectivity index (χ2n) is 4.13. The summed E-state index contributed by atoms with van der Waals surface area (Å²) in [6, 6.07) is 15.3. The lowest BCUT2D eigenvalue weighted by Crippen LogP contribution is -1.83. The maximum absolute atomic E-state index is 10.2. The van der Waals surface area contributed by atoms with Gasteiger partial charge in [0.05, 0.1) is 12.8 Å². The minimum Gasteiger partial charge on any atom is -0.505 e. The zero-order valence-corrected chi connectivity index (χ0v) is 9.97. The van der Waals surface area contributed by atoms with E-state index in [-0.39, 0.29) is 5.75 Å². The number of ether oxygens (including phenoxy) is 1. The average Bonchev–Trinajstić information content (AvgIpc) is 2.77. The number of hydrogen-bond acceptors (Lipinski definition) is 2. The van der Waals surface area contributed by atoms with Crippen LogP contribution in [0.25, 0.3) is 22.2 Å². The van der Waals surface area contributed by atoms with E-state index >= 15 is 0 Å². The Morgan fingerprint density at radius 1 is 1.06 bits per heavy atom. The molecule has 0 unspecified atom stereocenters. The molecule has 3 rings (SSSR count). The highest BCUT2D eigenvalue weighted by Gasteiger charge is 2.11. The highest BCUT2D eigenvalue weighted by Crippen LogP contribution is 2.36. The summed E-state index contributed by atoms with van der Waals surface area (Å²) in [7, 11) is 1.63. The number of methoxy groups -OCH3 is 1. The fraction of sp³-hybridized carbons (Fsp3) is 0.0667. The van der Waals surface area contributed by atoms with E-state index in [0.29, 0.717) is 0 Å². The number of aromatic hydroxyl groups is 1. The molecule has 1 heterocycles. The van der Waals surface area contributed by atoms with Crippen molar-refractivity contribution < 1.29 is 9.84 Å². The molecule has 0 radical (unpaired) electrons. The molecule has 0 aliphatic heterocycles. The molecule has 0 atom stereocenters. The molecule has 3 heteroatoms. The van der Waals surface area contributed by atoms with E-state index in [1.165, 1.54) is 0 Å². The van der Waals surface area contributed by atoms with Crippen LogP contribution in [0.3, 0.4) is 0 Å². The Hall–Kier alpha value is -2.42. The second-order valence-corrected chi connectivity index (χ2v) is 4.13. The highest BCUT2D eigenvalue weighted by molar-refractivity contribution is 5.93. The minimum absolute atomic E-state index is 0.277. The predicted octanol–water partition coefficient (Wildman–Crippen LogP) is 3.55. The van der Waals surface area contributed by atoms with Crippen molar-refractivity contribution in [1.29, 1.82) is 0 Å². The van der Waals surface area contributed by atoms with Gasteiger partial charge in [-0.2, -0.15) is 0 Å². The normalized spacial score (nSPS) is 10.7. The Bertz CT molecular complexity index is 701. The van der Waals surface area contributed by atoms with Crippen LogP contribution in [0.15, 0.2) is 48.5 Å². The summed E-state index contributed by atoms with van der Waals surface area (Å²) in [5.41, 5.74) is 2.55. The van der Waals surface area contributed by atoms with Crippen LogP contribution in [-0.4, -0.2) is 17.2 Å². The summed E-state index contributed by atoms with van der Waals surface area (Å²) in [6.45, 7) is 0. The molecule has 1 aromatic heterocycles. The van der Waals surface area contributed by atoms with Crippen LogP contribution in [0.4, 0.5) is 0 Å². The molecular formula is C15H13NO2. The summed E-state index contributed by atoms with van der Waals surface area (Å²) in [6.07, 6.45) is 0. The van der Waals surface area contributed by atoms with Crippen molar-refractivity contribution >= 4 is 10.9 Å². The summed E-state index contributed by atoms with van der Waals surface area (Å²) in [5.74, 6) is 1.05. The van der Waals surface area contributed by atoms with Crippen LogP contribution < -0.4 is 4.74 Å². The van der Waals surface area contributed by atoms with Gasteiger partial charge in [-0.15, -0.1) is 0 Å². The maximum atomic E-state index is 10.2. The van der Waals surface area contributed by atoms with Crippen LogP contribution in [0, 0.1) is 0 Å². The first-order valence-electron chi connectivity index (χ1n) is 5.73. The Kier molecular flexibility index (Phi) is 2.45. The van der Waals surface area contributed by atoms with E-state index in [2.05, 4.69) is 4.98 Å². The molecule has 0 saturated heterocycles. The van der Waals surface area contributed by atoms with Gasteiger partial charge in [0.1, 0.15) is 11.5 Å². The van der Waals surface area contributed by atoms with Crippen molar-refractivity contribution in [3.05, 3.63) is 48.5 Å². The monoisotopic (exact) mass is 239 g/mol. The van der Waals surface area contributed by atoms with E-state index in [1.807, 2.05) is 48.5 Å². The Labute approximate surface area is 105 Å². The van der Waals surface area contributed by atoms with Gasteiger partial charge in [0.15, 0.2) is 0 Å². The van der Waals surface area contributed by atoms with Gasteiger partial charge >= 0.3 is 0 Å². The number of hydrogen-bond donors (Lipinski definition) is 2. The molecule has 2 N–H and O–H groups in total. The molecule has 3 aromatic rings. The van der Waals surface area contributed by atoms with E-state index in [9.17, 15) is 5.11 Å². The lowest BCUT2D eigenvalue weighted by molar-refractivity contribution is 0.415. The van der Waals surface area contributed by atoms with E-state index in [1.54, 1.807) is 7.11 Å². The van der Waals surface area contributed by atoms with Crippen molar-refractivity contribution in [2.45, 2.75) is 0 Å². The molecular weight excluding hydrogens is 226 g/mol. The largest absolute Gasteiger partial charge is 0.505 e. The van der Waals surface area contributed by atoms with E-state index in [0.717, 1.165) is 27.9 Å². The smallest absolute Gasteiger partial charge is 0.148 e. The van der Waals surface area contributed by atoms with Gasteiger partial charge in [0.25, 0.3) is 0 Å². The van der Waals surface area contributed by atoms with Crippen LogP contribution in [0.2, 0.25) is 0 Å². The van der Waals surface area contributed by atoms with E-state index in [4.69, 9.17) is 4.74 Å². The number of benzene rings is 2. The summed E-state index contributed by atoms with van der Waals surface area (Å²) < 4.78 is 5.19. The lowest BCUT2D eigenvalue weighted by atomic mass is 10.1. The zero-order chi connectivity index (χ0) is 12.5. The third-order valence-electron chi connectivity index (χ3n) is 3.04. The SMILES string of the molecule is COc1cccc(-c2[nH]c3ccccc3c2O)c1. The van der Waals surface area contributed by atoms with Crippen molar-refractivity contribution in [1.82, 2.24) is 4.98 Å². The van der Waals surface area contributed by atoms with Crippen molar-refractivity contribution in [2.24, 2.45) is 0 Å². The van der Waals surface area contributed by atoms with Gasteiger partial charge in [0.2, 0.25) is 0 Å². The van der Waals surface area contributed by atoms with Crippen LogP contribution >= 0.6 is 0 Å². The van der Waals surface area contributed by atoms with Crippen LogP contribution in [0.5, 0.6) is 11.5 Å². The predicted molar refractivity (Wildman–Crippen MR) is 72.0 cm³/mol. The van der Waals surface area contributed by atoms with Crippen molar-refractivity contribution in [3.63, 3.8) is 0 Å². The Balaban J connectivity index is 2.21. The number of nitrogens with one attached hydrogen (secondary N) is 1. The van der Waals surface area contributed by atoms with Gasteiger partial charge < -0.3 is 14.8 Å². The molecule has 18 heavy (non-hydrogen) atoms. The molecule has 0 fully saturated rings. The minimum atomic E-state index is 0.277. The first-order valence-corrected chi connectivity index (χ1v) is 5.73. The molecule has 0 bridgehead atoms. The highest BCUT2D eigenvalue weighted by atomic mass is 16.5. The summed E-state index contributed by atoms with van der Waals surface area (Å²) in [4.78, 5) is 3.23. The van der Waals surface area contributed by atoms with Gasteiger partial charge in [-0.05, 0) is 24.3 Å². The number of rotatable bonds is 2. The third kappa shape index (κ3) is 1.61. The Morgan fingerprint density at radius 3 is 2.67 bits per heavy atom. The summed E-state index contributed by atoms with van der Waals surface area (Å²) >= 11 is 0. The number of H-pyrrole nitrogens is 1. The quantitative estimate of drug-likeness (QED) is 0.718. The number of fused-ring (bicyclic) bond motifs is 1. The first kappa shape index (κ1) is 10.7. The second kappa shape index (κ2) is 4.11. The van der Waals surface area contributed by atoms with Crippen molar-refractivity contribution in [2.75, 3.05) is 7.11 Å². The summed E-state index contributed by atoms with van der Waals surface area (Å²) in [5, 5.41) is 11.1. The molecule has 0 saturated carbocycles. The lowest BCUT2D eigenvalue weighted by Gasteiger charge is -2.03. The molecule has 2 aromatic carbocycles. The average molecular weight is 239 g/mol. The standard InChI is InChI=1S/C15H13NO2/c1-18-11-6-4-5-10(9-11)14-15(17)12-7-2-3-8-13(12)16-14/h2-9,16-17H,1H3. The topological polar surface area (TPSA) is 45.2 Å². The fourth-order valence-electron chi connectivity index (χ4n) is 2.11. The third-order valence-corrected chi connectivity index (χ3v) is 3.04. The number of para-hydroxylation sites is 1. The number of aromatic nitrogens is 1. The zero-order valence-electron chi connectivity index (χ0n) is 9.97. The fourth-order valence-corrected chi connectivity index (χ4v) is 2.11. The molecule has 0 aliphatic rings. The molecule has 0 aliphatic carbocycles. The van der Waals surface area contributed by atoms with Gasteiger partial charge in [0, 0.05) is 16.5 Å². The molecule has 0 amide bonds. The van der Waals surface area contributed by atoms with Gasteiger partial charge in [-0.25, -0.2) is 0 Å². The van der Waals surface area contributed by atoms with Crippen LogP contribution in [0.1, 0.15) is 0 Å². The molecule has 90 valence electrons. The van der Waals surface area contributed by atoms with E-state index < -0.39 is 0 Å². The Morgan fingerprint density at radius 2 is 1.89 bits per heavy atom. The maximum Gasteiger partial charge on any atom is 0.148 e. The van der Waals surface area contributed by atoms with Gasteiger partial charge in [-0.3, -0.25) is 0 Å². The molecule has 0 spiro atoms.